The first-order chi connectivity index (χ1) is 13.7. The van der Waals surface area contributed by atoms with Crippen molar-refractivity contribution in [2.24, 2.45) is 5.92 Å². The number of carbonyl (C=O) groups excluding carboxylic acids is 2. The number of nitrogens with one attached hydrogen (secondary N) is 1. The second-order valence-electron chi connectivity index (χ2n) is 6.40. The standard InChI is InChI=1S/C18H22ClF3N2O5/c1-27-17(26)24(29-16(25)18(20,21)22)8-9-28-15(13-5-3-7-23-11-13)12-4-2-6-14(19)10-12/h2,4,6,10,13,15,23H,3,5,7-9,11H2,1H3/t13-,15+/m1/s1. The SMILES string of the molecule is COC(=O)N(CCO[C@@H](c1cccc(Cl)c1)[C@@H]1CCCNC1)OC(=O)C(F)(F)F. The molecule has 1 aliphatic rings. The molecule has 0 saturated carbocycles. The number of piperidine rings is 1. The summed E-state index contributed by atoms with van der Waals surface area (Å²) in [4.78, 5) is 26.8. The molecule has 7 nitrogen and oxygen atoms in total. The lowest BCUT2D eigenvalue weighted by atomic mass is 9.89. The number of alkyl halides is 3. The van der Waals surface area contributed by atoms with E-state index in [4.69, 9.17) is 16.3 Å². The zero-order valence-electron chi connectivity index (χ0n) is 15.7. The van der Waals surface area contributed by atoms with Crippen LogP contribution in [0.25, 0.3) is 0 Å². The molecule has 1 fully saturated rings. The average molecular weight is 439 g/mol. The van der Waals surface area contributed by atoms with Crippen molar-refractivity contribution < 1.29 is 37.1 Å². The summed E-state index contributed by atoms with van der Waals surface area (Å²) in [6.45, 7) is 0.961. The molecule has 0 radical (unpaired) electrons. The van der Waals surface area contributed by atoms with Crippen LogP contribution in [0.3, 0.4) is 0 Å². The highest BCUT2D eigenvalue weighted by Crippen LogP contribution is 2.32. The molecule has 0 aromatic heterocycles. The van der Waals surface area contributed by atoms with Gasteiger partial charge in [-0.1, -0.05) is 23.7 Å². The molecule has 0 bridgehead atoms. The van der Waals surface area contributed by atoms with Crippen molar-refractivity contribution in [2.45, 2.75) is 25.1 Å². The molecule has 1 N–H and O–H groups in total. The van der Waals surface area contributed by atoms with Gasteiger partial charge in [0.25, 0.3) is 0 Å². The van der Waals surface area contributed by atoms with Gasteiger partial charge in [0.1, 0.15) is 0 Å². The number of methoxy groups -OCH3 is 1. The first-order valence-electron chi connectivity index (χ1n) is 8.94. The summed E-state index contributed by atoms with van der Waals surface area (Å²) in [6, 6.07) is 7.09. The second kappa shape index (κ2) is 10.7. The lowest BCUT2D eigenvalue weighted by molar-refractivity contribution is -0.232. The minimum atomic E-state index is -5.25. The third-order valence-electron chi connectivity index (χ3n) is 4.33. The quantitative estimate of drug-likeness (QED) is 0.685. The minimum Gasteiger partial charge on any atom is -0.451 e. The van der Waals surface area contributed by atoms with E-state index in [2.05, 4.69) is 14.9 Å². The number of halogens is 4. The van der Waals surface area contributed by atoms with Gasteiger partial charge in [0.15, 0.2) is 0 Å². The number of ether oxygens (including phenoxy) is 2. The molecule has 1 heterocycles. The summed E-state index contributed by atoms with van der Waals surface area (Å²) in [6.07, 6.45) is -5.06. The third-order valence-corrected chi connectivity index (χ3v) is 4.57. The minimum absolute atomic E-state index is 0.103. The number of nitrogens with zero attached hydrogens (tertiary/aromatic N) is 1. The van der Waals surface area contributed by atoms with Crippen LogP contribution in [0.2, 0.25) is 5.02 Å². The fourth-order valence-electron chi connectivity index (χ4n) is 3.02. The smallest absolute Gasteiger partial charge is 0.451 e. The largest absolute Gasteiger partial charge is 0.493 e. The molecule has 1 amide bonds. The molecule has 2 rings (SSSR count). The molecular formula is C18H22ClF3N2O5. The molecule has 29 heavy (non-hydrogen) atoms. The Morgan fingerprint density at radius 2 is 2.14 bits per heavy atom. The number of amides is 1. The molecule has 11 heteroatoms. The maximum Gasteiger partial charge on any atom is 0.493 e. The topological polar surface area (TPSA) is 77.1 Å². The molecule has 1 aromatic carbocycles. The van der Waals surface area contributed by atoms with Gasteiger partial charge in [-0.25, -0.2) is 9.59 Å². The zero-order chi connectivity index (χ0) is 21.4. The Labute approximate surface area is 171 Å². The van der Waals surface area contributed by atoms with Crippen LogP contribution in [-0.4, -0.2) is 56.7 Å². The van der Waals surface area contributed by atoms with Crippen molar-refractivity contribution in [3.63, 3.8) is 0 Å². The molecule has 0 aliphatic carbocycles. The normalized spacial score (nSPS) is 18.0. The van der Waals surface area contributed by atoms with Gasteiger partial charge >= 0.3 is 18.2 Å². The van der Waals surface area contributed by atoms with E-state index in [-0.39, 0.29) is 17.6 Å². The maximum atomic E-state index is 12.4. The van der Waals surface area contributed by atoms with Crippen LogP contribution in [0.5, 0.6) is 0 Å². The molecule has 1 saturated heterocycles. The molecule has 162 valence electrons. The van der Waals surface area contributed by atoms with E-state index in [0.717, 1.165) is 32.1 Å². The number of hydrogen-bond donors (Lipinski definition) is 1. The van der Waals surface area contributed by atoms with Gasteiger partial charge in [0.2, 0.25) is 0 Å². The highest BCUT2D eigenvalue weighted by molar-refractivity contribution is 6.30. The average Bonchev–Trinajstić information content (AvgIpc) is 2.69. The summed E-state index contributed by atoms with van der Waals surface area (Å²) >= 11 is 6.07. The molecule has 1 aromatic rings. The zero-order valence-corrected chi connectivity index (χ0v) is 16.5. The lowest BCUT2D eigenvalue weighted by Gasteiger charge is -2.31. The lowest BCUT2D eigenvalue weighted by Crippen LogP contribution is -2.41. The van der Waals surface area contributed by atoms with Gasteiger partial charge in [-0.2, -0.15) is 13.2 Å². The third kappa shape index (κ3) is 7.06. The van der Waals surface area contributed by atoms with Crippen molar-refractivity contribution in [1.82, 2.24) is 10.4 Å². The van der Waals surface area contributed by atoms with Crippen LogP contribution in [0.15, 0.2) is 24.3 Å². The Bertz CT molecular complexity index is 698. The summed E-state index contributed by atoms with van der Waals surface area (Å²) < 4.78 is 47.5. The maximum absolute atomic E-state index is 12.4. The van der Waals surface area contributed by atoms with Crippen molar-refractivity contribution >= 4 is 23.7 Å². The summed E-state index contributed by atoms with van der Waals surface area (Å²) in [7, 11) is 0.958. The summed E-state index contributed by atoms with van der Waals surface area (Å²) in [5.41, 5.74) is 0.808. The van der Waals surface area contributed by atoms with Crippen molar-refractivity contribution in [3.8, 4) is 0 Å². The van der Waals surface area contributed by atoms with Crippen LogP contribution in [-0.2, 0) is 19.1 Å². The van der Waals surface area contributed by atoms with Crippen LogP contribution in [0, 0.1) is 5.92 Å². The van der Waals surface area contributed by atoms with E-state index in [1.54, 1.807) is 18.2 Å². The van der Waals surface area contributed by atoms with Gasteiger partial charge in [-0.3, -0.25) is 0 Å². The number of carbonyl (C=O) groups is 2. The second-order valence-corrected chi connectivity index (χ2v) is 6.84. The number of hydrogen-bond acceptors (Lipinski definition) is 6. The summed E-state index contributed by atoms with van der Waals surface area (Å²) in [5.74, 6) is -2.42. The fourth-order valence-corrected chi connectivity index (χ4v) is 3.21. The van der Waals surface area contributed by atoms with Gasteiger partial charge in [0.05, 0.1) is 26.4 Å². The van der Waals surface area contributed by atoms with E-state index >= 15 is 0 Å². The monoisotopic (exact) mass is 438 g/mol. The Kier molecular flexibility index (Phi) is 8.54. The molecule has 2 atom stereocenters. The number of rotatable bonds is 6. The molecular weight excluding hydrogens is 417 g/mol. The molecule has 1 aliphatic heterocycles. The van der Waals surface area contributed by atoms with E-state index in [1.165, 1.54) is 0 Å². The Morgan fingerprint density at radius 3 is 2.72 bits per heavy atom. The van der Waals surface area contributed by atoms with Gasteiger partial charge < -0.3 is 19.6 Å². The van der Waals surface area contributed by atoms with Gasteiger partial charge in [-0.15, -0.1) is 5.06 Å². The molecule has 0 unspecified atom stereocenters. The van der Waals surface area contributed by atoms with E-state index in [9.17, 15) is 22.8 Å². The van der Waals surface area contributed by atoms with Crippen molar-refractivity contribution in [3.05, 3.63) is 34.9 Å². The van der Waals surface area contributed by atoms with E-state index in [1.807, 2.05) is 6.07 Å². The predicted molar refractivity (Wildman–Crippen MR) is 97.0 cm³/mol. The first-order valence-corrected chi connectivity index (χ1v) is 9.32. The molecule has 0 spiro atoms. The summed E-state index contributed by atoms with van der Waals surface area (Å²) in [5, 5.41) is 3.98. The number of benzene rings is 1. The highest BCUT2D eigenvalue weighted by atomic mass is 35.5. The first kappa shape index (κ1) is 23.2. The van der Waals surface area contributed by atoms with Crippen LogP contribution in [0.1, 0.15) is 24.5 Å². The van der Waals surface area contributed by atoms with Gasteiger partial charge in [0, 0.05) is 17.5 Å². The predicted octanol–water partition coefficient (Wildman–Crippen LogP) is 3.49. The van der Waals surface area contributed by atoms with E-state index in [0.29, 0.717) is 11.6 Å². The number of hydroxylamine groups is 2. The van der Waals surface area contributed by atoms with Gasteiger partial charge in [-0.05, 0) is 37.1 Å². The van der Waals surface area contributed by atoms with Crippen LogP contribution >= 0.6 is 11.6 Å². The van der Waals surface area contributed by atoms with Crippen molar-refractivity contribution in [1.29, 1.82) is 0 Å². The van der Waals surface area contributed by atoms with Crippen LogP contribution < -0.4 is 5.32 Å². The van der Waals surface area contributed by atoms with Crippen LogP contribution in [0.4, 0.5) is 18.0 Å². The highest BCUT2D eigenvalue weighted by Gasteiger charge is 2.43. The van der Waals surface area contributed by atoms with Crippen molar-refractivity contribution in [2.75, 3.05) is 33.4 Å². The Morgan fingerprint density at radius 1 is 1.38 bits per heavy atom. The Hall–Kier alpha value is -2.04. The van der Waals surface area contributed by atoms with E-state index < -0.39 is 30.9 Å². The Balaban J connectivity index is 2.05. The fraction of sp³-hybridized carbons (Fsp3) is 0.556.